The number of benzene rings is 1. The van der Waals surface area contributed by atoms with Crippen LogP contribution in [0.4, 0.5) is 0 Å². The van der Waals surface area contributed by atoms with Crippen LogP contribution in [0.25, 0.3) is 0 Å². The Morgan fingerprint density at radius 2 is 1.73 bits per heavy atom. The lowest BCUT2D eigenvalue weighted by Gasteiger charge is -2.21. The van der Waals surface area contributed by atoms with Gasteiger partial charge in [0.2, 0.25) is 5.84 Å². The second-order valence-electron chi connectivity index (χ2n) is 4.25. The van der Waals surface area contributed by atoms with Gasteiger partial charge in [0.25, 0.3) is 0 Å². The van der Waals surface area contributed by atoms with Gasteiger partial charge in [-0.2, -0.15) is 4.99 Å². The molecule has 0 saturated heterocycles. The van der Waals surface area contributed by atoms with Crippen molar-refractivity contribution in [2.45, 2.75) is 6.92 Å². The second kappa shape index (κ2) is 3.47. The number of quaternary nitrogens is 1. The fourth-order valence-corrected chi connectivity index (χ4v) is 1.98. The lowest BCUT2D eigenvalue weighted by molar-refractivity contribution is -0.739. The Labute approximate surface area is 95.1 Å². The third kappa shape index (κ3) is 1.96. The molecule has 0 unspecified atom stereocenters. The van der Waals surface area contributed by atoms with Gasteiger partial charge in [-0.1, -0.05) is 11.6 Å². The van der Waals surface area contributed by atoms with Crippen molar-refractivity contribution >= 4 is 17.4 Å². The first-order valence-electron chi connectivity index (χ1n) is 4.87. The zero-order chi connectivity index (χ0) is 11.1. The quantitative estimate of drug-likeness (QED) is 0.647. The van der Waals surface area contributed by atoms with E-state index in [-0.39, 0.29) is 0 Å². The van der Waals surface area contributed by atoms with Crippen LogP contribution < -0.4 is 0 Å². The highest BCUT2D eigenvalue weighted by molar-refractivity contribution is 6.30. The third-order valence-corrected chi connectivity index (χ3v) is 2.69. The number of amidine groups is 1. The zero-order valence-corrected chi connectivity index (χ0v) is 9.92. The molecule has 1 aromatic rings. The molecule has 0 saturated carbocycles. The van der Waals surface area contributed by atoms with Gasteiger partial charge in [0.15, 0.2) is 0 Å². The van der Waals surface area contributed by atoms with E-state index < -0.39 is 0 Å². The van der Waals surface area contributed by atoms with Crippen LogP contribution in [-0.4, -0.2) is 24.4 Å². The summed E-state index contributed by atoms with van der Waals surface area (Å²) in [5.74, 6) is 1.06. The summed E-state index contributed by atoms with van der Waals surface area (Å²) in [5.41, 5.74) is 2.18. The Balaban J connectivity index is 2.42. The molecule has 1 aliphatic heterocycles. The van der Waals surface area contributed by atoms with E-state index in [1.54, 1.807) is 0 Å². The van der Waals surface area contributed by atoms with E-state index >= 15 is 0 Å². The van der Waals surface area contributed by atoms with E-state index in [1.165, 1.54) is 0 Å². The summed E-state index contributed by atoms with van der Waals surface area (Å²) in [7, 11) is 4.23. The van der Waals surface area contributed by atoms with Gasteiger partial charge in [-0.15, -0.1) is 0 Å². The summed E-state index contributed by atoms with van der Waals surface area (Å²) in [6.45, 7) is 2.02. The van der Waals surface area contributed by atoms with E-state index in [0.29, 0.717) is 4.48 Å². The average Bonchev–Trinajstić information content (AvgIpc) is 2.41. The van der Waals surface area contributed by atoms with Gasteiger partial charge in [-0.3, -0.25) is 4.48 Å². The van der Waals surface area contributed by atoms with Gasteiger partial charge in [-0.25, -0.2) is 0 Å². The summed E-state index contributed by atoms with van der Waals surface area (Å²) in [6, 6.07) is 7.81. The van der Waals surface area contributed by atoms with Crippen LogP contribution >= 0.6 is 11.6 Å². The Hall–Kier alpha value is -1.12. The predicted molar refractivity (Wildman–Crippen MR) is 63.9 cm³/mol. The molecule has 0 atom stereocenters. The fraction of sp³-hybridized carbons (Fsp3) is 0.250. The van der Waals surface area contributed by atoms with Crippen LogP contribution in [0.5, 0.6) is 0 Å². The summed E-state index contributed by atoms with van der Waals surface area (Å²) < 4.78 is 0.688. The molecule has 1 aliphatic rings. The number of rotatable bonds is 1. The Morgan fingerprint density at radius 1 is 1.13 bits per heavy atom. The molecular formula is C12H14ClN2+. The van der Waals surface area contributed by atoms with Crippen molar-refractivity contribution in [3.8, 4) is 0 Å². The van der Waals surface area contributed by atoms with Gasteiger partial charge in [0, 0.05) is 5.02 Å². The monoisotopic (exact) mass is 221 g/mol. The van der Waals surface area contributed by atoms with Crippen molar-refractivity contribution in [1.29, 1.82) is 0 Å². The van der Waals surface area contributed by atoms with Crippen molar-refractivity contribution in [2.75, 3.05) is 14.1 Å². The lowest BCUT2D eigenvalue weighted by atomic mass is 10.2. The van der Waals surface area contributed by atoms with Gasteiger partial charge in [0.05, 0.1) is 25.4 Å². The highest BCUT2D eigenvalue weighted by Crippen LogP contribution is 2.22. The average molecular weight is 222 g/mol. The molecule has 15 heavy (non-hydrogen) atoms. The maximum absolute atomic E-state index is 5.86. The number of aliphatic imine (C=N–C) groups is 1. The van der Waals surface area contributed by atoms with Crippen LogP contribution in [-0.2, 0) is 0 Å². The largest absolute Gasteiger partial charge is 0.251 e. The molecule has 2 nitrogen and oxygen atoms in total. The second-order valence-corrected chi connectivity index (χ2v) is 4.69. The topological polar surface area (TPSA) is 12.4 Å². The minimum Gasteiger partial charge on any atom is -0.251 e. The van der Waals surface area contributed by atoms with Crippen LogP contribution in [0, 0.1) is 0 Å². The number of allylic oxidation sites excluding steroid dienone is 1. The lowest BCUT2D eigenvalue weighted by Crippen LogP contribution is -2.38. The van der Waals surface area contributed by atoms with Gasteiger partial charge < -0.3 is 0 Å². The minimum absolute atomic E-state index is 0.688. The standard InChI is InChI=1S/C12H14ClN2/c1-9-8-15(2,3)12(14-9)10-4-6-11(13)7-5-10/h4-8H,1-3H3/q+1. The molecular weight excluding hydrogens is 208 g/mol. The maximum atomic E-state index is 5.86. The third-order valence-electron chi connectivity index (χ3n) is 2.44. The van der Waals surface area contributed by atoms with E-state index in [1.807, 2.05) is 31.2 Å². The SMILES string of the molecule is CC1=C[N+](C)(C)C(c2ccc(Cl)cc2)=N1. The van der Waals surface area contributed by atoms with Gasteiger partial charge in [-0.05, 0) is 31.2 Å². The maximum Gasteiger partial charge on any atom is 0.239 e. The first kappa shape index (κ1) is 10.4. The van der Waals surface area contributed by atoms with Crippen molar-refractivity contribution in [3.05, 3.63) is 46.7 Å². The van der Waals surface area contributed by atoms with E-state index in [0.717, 1.165) is 22.1 Å². The number of halogens is 1. The van der Waals surface area contributed by atoms with Crippen molar-refractivity contribution < 1.29 is 4.48 Å². The Bertz CT molecular complexity index is 441. The highest BCUT2D eigenvalue weighted by atomic mass is 35.5. The molecule has 2 rings (SSSR count). The highest BCUT2D eigenvalue weighted by Gasteiger charge is 2.29. The van der Waals surface area contributed by atoms with Crippen LogP contribution in [0.1, 0.15) is 12.5 Å². The fourth-order valence-electron chi connectivity index (χ4n) is 1.85. The van der Waals surface area contributed by atoms with Gasteiger partial charge in [0.1, 0.15) is 6.20 Å². The van der Waals surface area contributed by atoms with Crippen molar-refractivity contribution in [1.82, 2.24) is 0 Å². The Kier molecular flexibility index (Phi) is 2.41. The molecule has 1 heterocycles. The molecule has 3 heteroatoms. The number of hydrogen-bond donors (Lipinski definition) is 0. The van der Waals surface area contributed by atoms with Gasteiger partial charge >= 0.3 is 0 Å². The van der Waals surface area contributed by atoms with E-state index in [9.17, 15) is 0 Å². The first-order valence-corrected chi connectivity index (χ1v) is 5.25. The molecule has 78 valence electrons. The Morgan fingerprint density at radius 3 is 2.20 bits per heavy atom. The van der Waals surface area contributed by atoms with E-state index in [2.05, 4.69) is 25.3 Å². The molecule has 0 aromatic heterocycles. The molecule has 0 bridgehead atoms. The van der Waals surface area contributed by atoms with Crippen molar-refractivity contribution in [2.24, 2.45) is 4.99 Å². The normalized spacial score (nSPS) is 18.7. The molecule has 0 radical (unpaired) electrons. The summed E-state index contributed by atoms with van der Waals surface area (Å²) in [4.78, 5) is 4.55. The molecule has 0 N–H and O–H groups in total. The smallest absolute Gasteiger partial charge is 0.239 e. The van der Waals surface area contributed by atoms with Crippen LogP contribution in [0.3, 0.4) is 0 Å². The summed E-state index contributed by atoms with van der Waals surface area (Å²) in [5, 5.41) is 0.757. The number of hydrogen-bond acceptors (Lipinski definition) is 1. The first-order chi connectivity index (χ1) is 6.99. The molecule has 0 amide bonds. The van der Waals surface area contributed by atoms with Crippen LogP contribution in [0.15, 0.2) is 41.2 Å². The molecule has 0 fully saturated rings. The predicted octanol–water partition coefficient (Wildman–Crippen LogP) is 3.04. The zero-order valence-electron chi connectivity index (χ0n) is 9.16. The molecule has 1 aromatic carbocycles. The van der Waals surface area contributed by atoms with Crippen LogP contribution in [0.2, 0.25) is 5.02 Å². The minimum atomic E-state index is 0.688. The molecule has 0 aliphatic carbocycles. The molecule has 0 spiro atoms. The van der Waals surface area contributed by atoms with E-state index in [4.69, 9.17) is 11.6 Å². The summed E-state index contributed by atoms with van der Waals surface area (Å²) in [6.07, 6.45) is 2.13. The van der Waals surface area contributed by atoms with Crippen molar-refractivity contribution in [3.63, 3.8) is 0 Å². The summed E-state index contributed by atoms with van der Waals surface area (Å²) >= 11 is 5.86. The number of nitrogens with zero attached hydrogens (tertiary/aromatic N) is 2.